The van der Waals surface area contributed by atoms with E-state index in [0.29, 0.717) is 103 Å². The van der Waals surface area contributed by atoms with Crippen molar-refractivity contribution in [3.05, 3.63) is 144 Å². The number of hydrogen-bond donors (Lipinski definition) is 5. The van der Waals surface area contributed by atoms with Gasteiger partial charge in [0.15, 0.2) is 0 Å². The SMILES string of the molecule is CC(CCCCC(=O)CCCCC(C)(OP(N)(=O)OC(C)(CCCCC(=O)CCCCC(C)(OP(N)(=O)O)c1ccccc1)c1ccccc1)c1ccccc1)(OP(N)(=O)O)c1ccccc1. The Morgan fingerprint density at radius 3 is 0.821 bits per heavy atom. The third kappa shape index (κ3) is 19.5. The van der Waals surface area contributed by atoms with Crippen LogP contribution in [0.4, 0.5) is 0 Å². The number of nitrogens with two attached hydrogens (primary N) is 3. The molecule has 0 amide bonds. The lowest BCUT2D eigenvalue weighted by Crippen LogP contribution is -2.32. The number of Topliss-reactive ketones (excluding diaryl/α,β-unsaturated/α-hetero) is 2. The zero-order chi connectivity index (χ0) is 49.2. The first-order valence-electron chi connectivity index (χ1n) is 23.1. The highest BCUT2D eigenvalue weighted by Gasteiger charge is 2.42. The largest absolute Gasteiger partial charge is 0.404 e. The van der Waals surface area contributed by atoms with Gasteiger partial charge in [-0.3, -0.25) is 27.7 Å². The number of rotatable bonds is 32. The number of unbranched alkanes of at least 4 members (excludes halogenated alkanes) is 4. The quantitative estimate of drug-likeness (QED) is 0.0226. The summed E-state index contributed by atoms with van der Waals surface area (Å²) in [6, 6.07) is 37.0. The van der Waals surface area contributed by atoms with Gasteiger partial charge in [-0.2, -0.15) is 0 Å². The second-order valence-corrected chi connectivity index (χ2v) is 22.4. The summed E-state index contributed by atoms with van der Waals surface area (Å²) in [5, 5.41) is 0. The van der Waals surface area contributed by atoms with Crippen LogP contribution in [0.15, 0.2) is 121 Å². The zero-order valence-electron chi connectivity index (χ0n) is 39.5. The summed E-state index contributed by atoms with van der Waals surface area (Å²) in [4.78, 5) is 45.6. The molecule has 0 radical (unpaired) electrons. The van der Waals surface area contributed by atoms with Crippen molar-refractivity contribution in [3.63, 3.8) is 0 Å². The Morgan fingerprint density at radius 2 is 0.612 bits per heavy atom. The van der Waals surface area contributed by atoms with Crippen molar-refractivity contribution in [2.24, 2.45) is 16.5 Å². The van der Waals surface area contributed by atoms with Gasteiger partial charge in [-0.1, -0.05) is 121 Å². The van der Waals surface area contributed by atoms with Crippen LogP contribution in [0.2, 0.25) is 0 Å². The second-order valence-electron chi connectivity index (χ2n) is 18.3. The van der Waals surface area contributed by atoms with Gasteiger partial charge in [-0.25, -0.2) is 30.2 Å². The first kappa shape index (κ1) is 56.1. The lowest BCUT2D eigenvalue weighted by atomic mass is 9.89. The maximum absolute atomic E-state index is 14.4. The molecule has 0 bridgehead atoms. The van der Waals surface area contributed by atoms with Crippen LogP contribution in [0.3, 0.4) is 0 Å². The third-order valence-corrected chi connectivity index (χ3v) is 14.9. The average Bonchev–Trinajstić information content (AvgIpc) is 3.27. The number of hydrogen-bond acceptors (Lipinski definition) is 9. The van der Waals surface area contributed by atoms with Crippen molar-refractivity contribution in [2.75, 3.05) is 0 Å². The molecule has 6 unspecified atom stereocenters. The number of carbonyl (C=O) groups excluding carboxylic acids is 2. The highest BCUT2D eigenvalue weighted by Crippen LogP contribution is 2.55. The molecule has 0 aliphatic rings. The minimum absolute atomic E-state index is 0.0890. The van der Waals surface area contributed by atoms with E-state index in [2.05, 4.69) is 0 Å². The molecule has 0 aliphatic heterocycles. The Labute approximate surface area is 397 Å². The van der Waals surface area contributed by atoms with Crippen LogP contribution < -0.4 is 16.5 Å². The fourth-order valence-corrected chi connectivity index (χ4v) is 11.8. The summed E-state index contributed by atoms with van der Waals surface area (Å²) in [7, 11) is -12.8. The molecule has 0 aliphatic carbocycles. The standard InChI is InChI=1S/C50H72N3O11P3/c1-47(61-65(51,56)57,41-25-9-5-10-26-41)37-21-17-33-45(54)35-19-23-39-49(3,43-29-13-7-14-30-43)63-67(53,60)64-50(4,44-31-15-8-16-32-44)40-24-20-36-46(55)34-18-22-38-48(2,62-66(52,58)59)42-27-11-6-12-28-42/h5-16,25-32H,17-24,33-40H2,1-4H3,(H2,53,60)(H3,51,56,57)(H3,52,58,59). The minimum Gasteiger partial charge on any atom is -0.313 e. The Balaban J connectivity index is 1.30. The molecule has 8 N–H and O–H groups in total. The molecule has 4 aromatic rings. The molecule has 67 heavy (non-hydrogen) atoms. The van der Waals surface area contributed by atoms with E-state index in [9.17, 15) is 33.1 Å². The predicted octanol–water partition coefficient (Wildman–Crippen LogP) is 12.3. The zero-order valence-corrected chi connectivity index (χ0v) is 42.2. The van der Waals surface area contributed by atoms with Crippen LogP contribution in [0.1, 0.15) is 153 Å². The van der Waals surface area contributed by atoms with E-state index < -0.39 is 45.6 Å². The molecule has 4 rings (SSSR count). The average molecular weight is 984 g/mol. The third-order valence-electron chi connectivity index (χ3n) is 12.3. The fraction of sp³-hybridized carbons (Fsp3) is 0.480. The van der Waals surface area contributed by atoms with Crippen molar-refractivity contribution >= 4 is 34.8 Å². The lowest BCUT2D eigenvalue weighted by molar-refractivity contribution is -0.120. The van der Waals surface area contributed by atoms with E-state index in [1.165, 1.54) is 0 Å². The van der Waals surface area contributed by atoms with E-state index in [-0.39, 0.29) is 11.6 Å². The van der Waals surface area contributed by atoms with E-state index in [0.717, 1.165) is 22.3 Å². The molecule has 0 fully saturated rings. The molecule has 4 aromatic carbocycles. The van der Waals surface area contributed by atoms with Gasteiger partial charge in [0, 0.05) is 25.7 Å². The van der Waals surface area contributed by atoms with E-state index in [1.54, 1.807) is 13.8 Å². The van der Waals surface area contributed by atoms with Gasteiger partial charge in [0.2, 0.25) is 0 Å². The van der Waals surface area contributed by atoms with Crippen LogP contribution >= 0.6 is 23.2 Å². The number of carbonyl (C=O) groups is 2. The van der Waals surface area contributed by atoms with Gasteiger partial charge in [0.25, 0.3) is 0 Å². The summed E-state index contributed by atoms with van der Waals surface area (Å²) < 4.78 is 62.0. The summed E-state index contributed by atoms with van der Waals surface area (Å²) in [5.74, 6) is 0.178. The highest BCUT2D eigenvalue weighted by atomic mass is 31.2. The smallest absolute Gasteiger partial charge is 0.313 e. The molecule has 0 aromatic heterocycles. The maximum atomic E-state index is 14.4. The number of benzene rings is 4. The monoisotopic (exact) mass is 983 g/mol. The molecule has 0 saturated heterocycles. The fourth-order valence-electron chi connectivity index (χ4n) is 8.68. The van der Waals surface area contributed by atoms with Crippen LogP contribution in [-0.2, 0) is 63.8 Å². The van der Waals surface area contributed by atoms with Crippen LogP contribution in [0.25, 0.3) is 0 Å². The Bertz CT molecular complexity index is 2130. The van der Waals surface area contributed by atoms with Crippen molar-refractivity contribution in [2.45, 2.75) is 153 Å². The first-order chi connectivity index (χ1) is 31.5. The first-order valence-corrected chi connectivity index (χ1v) is 28.1. The molecule has 6 atom stereocenters. The van der Waals surface area contributed by atoms with Gasteiger partial charge in [-0.15, -0.1) is 0 Å². The van der Waals surface area contributed by atoms with Crippen LogP contribution in [0.5, 0.6) is 0 Å². The Morgan fingerprint density at radius 1 is 0.403 bits per heavy atom. The molecular weight excluding hydrogens is 911 g/mol. The molecule has 368 valence electrons. The topological polar surface area (TPSA) is 241 Å². The predicted molar refractivity (Wildman–Crippen MR) is 263 cm³/mol. The Hall–Kier alpha value is -3.45. The van der Waals surface area contributed by atoms with Crippen LogP contribution in [-0.4, -0.2) is 21.4 Å². The van der Waals surface area contributed by atoms with Gasteiger partial charge < -0.3 is 9.79 Å². The second kappa shape index (κ2) is 25.4. The molecule has 0 spiro atoms. The van der Waals surface area contributed by atoms with Gasteiger partial charge in [0.1, 0.15) is 34.0 Å². The Kier molecular flexibility index (Phi) is 21.3. The maximum Gasteiger partial charge on any atom is 0.404 e. The van der Waals surface area contributed by atoms with Crippen molar-refractivity contribution in [3.8, 4) is 0 Å². The highest BCUT2D eigenvalue weighted by molar-refractivity contribution is 7.51. The molecular formula is C50H72N3O11P3. The molecule has 0 heterocycles. The summed E-state index contributed by atoms with van der Waals surface area (Å²) in [5.41, 5.74) is 15.8. The normalized spacial score (nSPS) is 18.2. The number of ketones is 2. The van der Waals surface area contributed by atoms with E-state index >= 15 is 0 Å². The lowest BCUT2D eigenvalue weighted by Gasteiger charge is -2.37. The molecule has 17 heteroatoms. The van der Waals surface area contributed by atoms with Gasteiger partial charge >= 0.3 is 23.2 Å². The van der Waals surface area contributed by atoms with Gasteiger partial charge in [0.05, 0.1) is 0 Å². The molecule has 0 saturated carbocycles. The van der Waals surface area contributed by atoms with Crippen molar-refractivity contribution < 1.29 is 51.2 Å². The molecule has 14 nitrogen and oxygen atoms in total. The van der Waals surface area contributed by atoms with Gasteiger partial charge in [-0.05, 0) is 127 Å². The summed E-state index contributed by atoms with van der Waals surface area (Å²) >= 11 is 0. The van der Waals surface area contributed by atoms with E-state index in [4.69, 9.17) is 34.6 Å². The summed E-state index contributed by atoms with van der Waals surface area (Å²) in [6.45, 7) is 7.10. The van der Waals surface area contributed by atoms with Crippen molar-refractivity contribution in [1.82, 2.24) is 0 Å². The summed E-state index contributed by atoms with van der Waals surface area (Å²) in [6.07, 6.45) is 7.51. The minimum atomic E-state index is -4.28. The van der Waals surface area contributed by atoms with Crippen LogP contribution in [0, 0.1) is 0 Å². The van der Waals surface area contributed by atoms with Crippen molar-refractivity contribution in [1.29, 1.82) is 0 Å². The van der Waals surface area contributed by atoms with E-state index in [1.807, 2.05) is 135 Å².